The summed E-state index contributed by atoms with van der Waals surface area (Å²) in [6.07, 6.45) is 0. The minimum atomic E-state index is -0.869. The third-order valence-corrected chi connectivity index (χ3v) is 2.78. The molecule has 1 heterocycles. The number of nitrogens with one attached hydrogen (secondary N) is 1. The van der Waals surface area contributed by atoms with E-state index >= 15 is 0 Å². The Bertz CT molecular complexity index is 237. The second-order valence-corrected chi connectivity index (χ2v) is 4.89. The molecule has 94 valence electrons. The van der Waals surface area contributed by atoms with E-state index in [9.17, 15) is 4.79 Å². The molecule has 0 aromatic heterocycles. The maximum atomic E-state index is 11.0. The van der Waals surface area contributed by atoms with Crippen LogP contribution in [0, 0.1) is 0 Å². The van der Waals surface area contributed by atoms with Crippen LogP contribution in [0.25, 0.3) is 0 Å². The molecule has 0 bridgehead atoms. The Hall–Kier alpha value is -0.650. The van der Waals surface area contributed by atoms with Gasteiger partial charge < -0.3 is 9.84 Å². The summed E-state index contributed by atoms with van der Waals surface area (Å²) in [6.45, 7) is 9.65. The summed E-state index contributed by atoms with van der Waals surface area (Å²) in [5.41, 5.74) is -0.869. The highest BCUT2D eigenvalue weighted by Gasteiger charge is 2.28. The summed E-state index contributed by atoms with van der Waals surface area (Å²) in [5, 5.41) is 12.1. The van der Waals surface area contributed by atoms with Crippen LogP contribution in [0.4, 0.5) is 0 Å². The second-order valence-electron chi connectivity index (χ2n) is 4.89. The van der Waals surface area contributed by atoms with E-state index < -0.39 is 11.5 Å². The second kappa shape index (κ2) is 5.61. The Kier molecular flexibility index (Phi) is 4.70. The van der Waals surface area contributed by atoms with Crippen LogP contribution in [0.5, 0.6) is 0 Å². The van der Waals surface area contributed by atoms with Crippen molar-refractivity contribution in [2.45, 2.75) is 32.4 Å². The van der Waals surface area contributed by atoms with E-state index in [2.05, 4.69) is 10.2 Å². The number of ether oxygens (including phenoxy) is 1. The van der Waals surface area contributed by atoms with E-state index in [0.717, 1.165) is 32.8 Å². The fourth-order valence-corrected chi connectivity index (χ4v) is 1.89. The number of morpholine rings is 1. The molecule has 1 aliphatic rings. The van der Waals surface area contributed by atoms with Gasteiger partial charge in [0.05, 0.1) is 13.2 Å². The van der Waals surface area contributed by atoms with Gasteiger partial charge in [0.15, 0.2) is 0 Å². The van der Waals surface area contributed by atoms with Crippen molar-refractivity contribution in [3.05, 3.63) is 0 Å². The van der Waals surface area contributed by atoms with E-state index in [1.165, 1.54) is 0 Å². The van der Waals surface area contributed by atoms with Crippen molar-refractivity contribution in [3.63, 3.8) is 0 Å². The van der Waals surface area contributed by atoms with Crippen LogP contribution in [0.2, 0.25) is 0 Å². The Balaban J connectivity index is 2.34. The van der Waals surface area contributed by atoms with Gasteiger partial charge in [-0.2, -0.15) is 0 Å². The highest BCUT2D eigenvalue weighted by molar-refractivity contribution is 5.77. The average molecular weight is 230 g/mol. The number of carbonyl (C=O) groups is 1. The molecular weight excluding hydrogens is 208 g/mol. The monoisotopic (exact) mass is 230 g/mol. The SMILES string of the molecule is CC(CN1CCOCC1)NC(C)(C)C(=O)O. The summed E-state index contributed by atoms with van der Waals surface area (Å²) >= 11 is 0. The predicted molar refractivity (Wildman–Crippen MR) is 61.6 cm³/mol. The molecule has 0 aliphatic carbocycles. The number of hydrogen-bond acceptors (Lipinski definition) is 4. The van der Waals surface area contributed by atoms with Crippen molar-refractivity contribution in [1.82, 2.24) is 10.2 Å². The highest BCUT2D eigenvalue weighted by Crippen LogP contribution is 2.05. The van der Waals surface area contributed by atoms with Crippen LogP contribution in [-0.2, 0) is 9.53 Å². The molecule has 1 fully saturated rings. The molecule has 0 saturated carbocycles. The molecule has 1 aliphatic heterocycles. The molecule has 0 aromatic carbocycles. The quantitative estimate of drug-likeness (QED) is 0.704. The summed E-state index contributed by atoms with van der Waals surface area (Å²) in [7, 11) is 0. The summed E-state index contributed by atoms with van der Waals surface area (Å²) in [6, 6.07) is 0.157. The first-order valence-corrected chi connectivity index (χ1v) is 5.73. The predicted octanol–water partition coefficient (Wildman–Crippen LogP) is 0.160. The molecule has 5 heteroatoms. The van der Waals surface area contributed by atoms with Gasteiger partial charge in [-0.25, -0.2) is 0 Å². The lowest BCUT2D eigenvalue weighted by Crippen LogP contribution is -2.54. The first kappa shape index (κ1) is 13.4. The fraction of sp³-hybridized carbons (Fsp3) is 0.909. The summed E-state index contributed by atoms with van der Waals surface area (Å²) in [4.78, 5) is 13.2. The van der Waals surface area contributed by atoms with Gasteiger partial charge in [-0.3, -0.25) is 15.0 Å². The topological polar surface area (TPSA) is 61.8 Å². The van der Waals surface area contributed by atoms with Gasteiger partial charge in [0.25, 0.3) is 0 Å². The Morgan fingerprint density at radius 3 is 2.56 bits per heavy atom. The zero-order valence-electron chi connectivity index (χ0n) is 10.3. The Morgan fingerprint density at radius 2 is 2.06 bits per heavy atom. The van der Waals surface area contributed by atoms with Crippen molar-refractivity contribution in [3.8, 4) is 0 Å². The maximum Gasteiger partial charge on any atom is 0.323 e. The van der Waals surface area contributed by atoms with E-state index in [0.29, 0.717) is 0 Å². The molecule has 16 heavy (non-hydrogen) atoms. The lowest BCUT2D eigenvalue weighted by molar-refractivity contribution is -0.143. The minimum absolute atomic E-state index is 0.157. The first-order chi connectivity index (χ1) is 7.42. The molecule has 0 amide bonds. The smallest absolute Gasteiger partial charge is 0.323 e. The molecule has 0 aromatic rings. The van der Waals surface area contributed by atoms with Crippen LogP contribution >= 0.6 is 0 Å². The molecule has 0 radical (unpaired) electrons. The van der Waals surface area contributed by atoms with Crippen molar-refractivity contribution >= 4 is 5.97 Å². The van der Waals surface area contributed by atoms with Gasteiger partial charge in [-0.15, -0.1) is 0 Å². The van der Waals surface area contributed by atoms with E-state index in [1.807, 2.05) is 6.92 Å². The number of rotatable bonds is 5. The molecule has 1 unspecified atom stereocenters. The van der Waals surface area contributed by atoms with Crippen LogP contribution in [0.3, 0.4) is 0 Å². The van der Waals surface area contributed by atoms with E-state index in [1.54, 1.807) is 13.8 Å². The molecule has 1 rings (SSSR count). The molecule has 2 N–H and O–H groups in total. The van der Waals surface area contributed by atoms with Gasteiger partial charge in [0.2, 0.25) is 0 Å². The third-order valence-electron chi connectivity index (χ3n) is 2.78. The zero-order chi connectivity index (χ0) is 12.2. The lowest BCUT2D eigenvalue weighted by atomic mass is 10.0. The number of carboxylic acids is 1. The molecule has 1 atom stereocenters. The zero-order valence-corrected chi connectivity index (χ0v) is 10.3. The van der Waals surface area contributed by atoms with Gasteiger partial charge in [-0.1, -0.05) is 0 Å². The standard InChI is InChI=1S/C11H22N2O3/c1-9(12-11(2,3)10(14)15)8-13-4-6-16-7-5-13/h9,12H,4-8H2,1-3H3,(H,14,15). The van der Waals surface area contributed by atoms with Gasteiger partial charge in [-0.05, 0) is 20.8 Å². The van der Waals surface area contributed by atoms with Crippen LogP contribution in [0.1, 0.15) is 20.8 Å². The molecule has 0 spiro atoms. The number of carboxylic acid groups (broad SMARTS) is 1. The van der Waals surface area contributed by atoms with Crippen LogP contribution in [0.15, 0.2) is 0 Å². The van der Waals surface area contributed by atoms with Crippen molar-refractivity contribution in [2.75, 3.05) is 32.8 Å². The van der Waals surface area contributed by atoms with E-state index in [-0.39, 0.29) is 6.04 Å². The first-order valence-electron chi connectivity index (χ1n) is 5.73. The Labute approximate surface area is 96.8 Å². The summed E-state index contributed by atoms with van der Waals surface area (Å²) < 4.78 is 5.26. The number of aliphatic carboxylic acids is 1. The molecular formula is C11H22N2O3. The van der Waals surface area contributed by atoms with E-state index in [4.69, 9.17) is 9.84 Å². The highest BCUT2D eigenvalue weighted by atomic mass is 16.5. The van der Waals surface area contributed by atoms with Crippen LogP contribution in [-0.4, -0.2) is 60.4 Å². The third kappa shape index (κ3) is 4.08. The normalized spacial score (nSPS) is 20.7. The number of nitrogens with zero attached hydrogens (tertiary/aromatic N) is 1. The summed E-state index contributed by atoms with van der Waals surface area (Å²) in [5.74, 6) is -0.818. The average Bonchev–Trinajstić information content (AvgIpc) is 2.17. The number of hydrogen-bond donors (Lipinski definition) is 2. The lowest BCUT2D eigenvalue weighted by Gasteiger charge is -2.32. The maximum absolute atomic E-state index is 11.0. The Morgan fingerprint density at radius 1 is 1.50 bits per heavy atom. The molecule has 5 nitrogen and oxygen atoms in total. The van der Waals surface area contributed by atoms with Crippen LogP contribution < -0.4 is 5.32 Å². The minimum Gasteiger partial charge on any atom is -0.480 e. The fourth-order valence-electron chi connectivity index (χ4n) is 1.89. The van der Waals surface area contributed by atoms with Crippen molar-refractivity contribution < 1.29 is 14.6 Å². The molecule has 1 saturated heterocycles. The largest absolute Gasteiger partial charge is 0.480 e. The van der Waals surface area contributed by atoms with Crippen molar-refractivity contribution in [1.29, 1.82) is 0 Å². The van der Waals surface area contributed by atoms with Gasteiger partial charge in [0.1, 0.15) is 5.54 Å². The van der Waals surface area contributed by atoms with Gasteiger partial charge in [0, 0.05) is 25.7 Å². The van der Waals surface area contributed by atoms with Gasteiger partial charge >= 0.3 is 5.97 Å². The van der Waals surface area contributed by atoms with Crippen molar-refractivity contribution in [2.24, 2.45) is 0 Å².